The molecular formula is C16H16BrNO. The lowest BCUT2D eigenvalue weighted by molar-refractivity contribution is 0.0856. The first kappa shape index (κ1) is 12.7. The number of nitrogens with one attached hydrogen (secondary N) is 1. The third-order valence-corrected chi connectivity index (χ3v) is 5.03. The average molecular weight is 318 g/mol. The van der Waals surface area contributed by atoms with Gasteiger partial charge < -0.3 is 5.32 Å². The molecule has 0 spiro atoms. The second-order valence-electron chi connectivity index (χ2n) is 5.28. The number of carbonyl (C=O) groups excluding carboxylic acids is 1. The van der Waals surface area contributed by atoms with E-state index >= 15 is 0 Å². The van der Waals surface area contributed by atoms with E-state index < -0.39 is 0 Å². The predicted molar refractivity (Wildman–Crippen MR) is 81.8 cm³/mol. The molecular weight excluding hydrogens is 302 g/mol. The van der Waals surface area contributed by atoms with Crippen molar-refractivity contribution in [3.8, 4) is 0 Å². The van der Waals surface area contributed by atoms with E-state index in [2.05, 4.69) is 27.3 Å². The summed E-state index contributed by atoms with van der Waals surface area (Å²) in [7, 11) is 0. The van der Waals surface area contributed by atoms with Gasteiger partial charge in [-0.05, 0) is 42.2 Å². The zero-order valence-electron chi connectivity index (χ0n) is 10.7. The van der Waals surface area contributed by atoms with Gasteiger partial charge in [0.2, 0.25) is 0 Å². The van der Waals surface area contributed by atoms with Gasteiger partial charge in [-0.3, -0.25) is 4.79 Å². The summed E-state index contributed by atoms with van der Waals surface area (Å²) in [5, 5.41) is 6.28. The Morgan fingerprint density at radius 2 is 1.89 bits per heavy atom. The Bertz CT molecular complexity index is 613. The highest BCUT2D eigenvalue weighted by atomic mass is 79.9. The van der Waals surface area contributed by atoms with Crippen molar-refractivity contribution < 1.29 is 4.79 Å². The lowest BCUT2D eigenvalue weighted by atomic mass is 9.78. The molecule has 0 aliphatic heterocycles. The normalized spacial score (nSPS) is 16.9. The summed E-state index contributed by atoms with van der Waals surface area (Å²) in [4.78, 5) is 12.3. The van der Waals surface area contributed by atoms with Crippen LogP contribution in [0.5, 0.6) is 0 Å². The molecule has 1 fully saturated rings. The fourth-order valence-corrected chi connectivity index (χ4v) is 3.24. The summed E-state index contributed by atoms with van der Waals surface area (Å²) in [6, 6.07) is 14.0. The molecule has 1 N–H and O–H groups in total. The van der Waals surface area contributed by atoms with Crippen molar-refractivity contribution >= 4 is 32.6 Å². The van der Waals surface area contributed by atoms with E-state index in [0.29, 0.717) is 0 Å². The van der Waals surface area contributed by atoms with Gasteiger partial charge in [-0.25, -0.2) is 0 Å². The highest BCUT2D eigenvalue weighted by Gasteiger charge is 2.37. The minimum Gasteiger partial charge on any atom is -0.346 e. The summed E-state index contributed by atoms with van der Waals surface area (Å²) < 4.78 is 0. The van der Waals surface area contributed by atoms with Gasteiger partial charge in [-0.2, -0.15) is 0 Å². The number of amides is 1. The van der Waals surface area contributed by atoms with Crippen molar-refractivity contribution in [2.24, 2.45) is 0 Å². The molecule has 0 atom stereocenters. The standard InChI is InChI=1S/C16H16BrNO/c17-11-16(8-3-9-16)18-15(19)14-7-6-12-4-1-2-5-13(12)10-14/h1-2,4-7,10H,3,8-9,11H2,(H,18,19). The fourth-order valence-electron chi connectivity index (χ4n) is 2.54. The van der Waals surface area contributed by atoms with E-state index in [9.17, 15) is 4.79 Å². The molecule has 0 unspecified atom stereocenters. The monoisotopic (exact) mass is 317 g/mol. The molecule has 1 aliphatic carbocycles. The van der Waals surface area contributed by atoms with Crippen LogP contribution in [0.3, 0.4) is 0 Å². The lowest BCUT2D eigenvalue weighted by Crippen LogP contribution is -2.54. The number of carbonyl (C=O) groups is 1. The summed E-state index contributed by atoms with van der Waals surface area (Å²) in [6.45, 7) is 0. The summed E-state index contributed by atoms with van der Waals surface area (Å²) in [6.07, 6.45) is 3.33. The van der Waals surface area contributed by atoms with Gasteiger partial charge in [0.05, 0.1) is 5.54 Å². The number of benzene rings is 2. The van der Waals surface area contributed by atoms with E-state index in [0.717, 1.165) is 34.5 Å². The van der Waals surface area contributed by atoms with E-state index in [4.69, 9.17) is 0 Å². The van der Waals surface area contributed by atoms with Gasteiger partial charge in [-0.1, -0.05) is 46.3 Å². The maximum atomic E-state index is 12.3. The van der Waals surface area contributed by atoms with Crippen LogP contribution in [0.4, 0.5) is 0 Å². The second-order valence-corrected chi connectivity index (χ2v) is 5.84. The number of halogens is 1. The van der Waals surface area contributed by atoms with Crippen LogP contribution in [0.15, 0.2) is 42.5 Å². The molecule has 2 nitrogen and oxygen atoms in total. The molecule has 19 heavy (non-hydrogen) atoms. The highest BCUT2D eigenvalue weighted by molar-refractivity contribution is 9.09. The van der Waals surface area contributed by atoms with E-state index in [1.807, 2.05) is 36.4 Å². The van der Waals surface area contributed by atoms with Gasteiger partial charge in [0.15, 0.2) is 0 Å². The molecule has 1 aliphatic rings. The molecule has 0 saturated heterocycles. The third kappa shape index (κ3) is 2.39. The molecule has 2 aromatic rings. The van der Waals surface area contributed by atoms with Crippen molar-refractivity contribution in [3.63, 3.8) is 0 Å². The van der Waals surface area contributed by atoms with Gasteiger partial charge in [0.25, 0.3) is 5.91 Å². The van der Waals surface area contributed by atoms with Crippen LogP contribution < -0.4 is 5.32 Å². The zero-order valence-corrected chi connectivity index (χ0v) is 12.2. The predicted octanol–water partition coefficient (Wildman–Crippen LogP) is 3.89. The first-order valence-corrected chi connectivity index (χ1v) is 7.72. The highest BCUT2D eigenvalue weighted by Crippen LogP contribution is 2.33. The van der Waals surface area contributed by atoms with Crippen LogP contribution in [0, 0.1) is 0 Å². The van der Waals surface area contributed by atoms with E-state index in [1.165, 1.54) is 6.42 Å². The Labute approximate surface area is 121 Å². The van der Waals surface area contributed by atoms with Crippen LogP contribution in [-0.4, -0.2) is 16.8 Å². The molecule has 0 radical (unpaired) electrons. The van der Waals surface area contributed by atoms with Gasteiger partial charge in [0, 0.05) is 10.9 Å². The van der Waals surface area contributed by atoms with Crippen LogP contribution in [0.1, 0.15) is 29.6 Å². The molecule has 0 heterocycles. The molecule has 3 rings (SSSR count). The maximum Gasteiger partial charge on any atom is 0.251 e. The van der Waals surface area contributed by atoms with Gasteiger partial charge >= 0.3 is 0 Å². The van der Waals surface area contributed by atoms with Crippen molar-refractivity contribution in [3.05, 3.63) is 48.0 Å². The van der Waals surface area contributed by atoms with E-state index in [1.54, 1.807) is 0 Å². The third-order valence-electron chi connectivity index (χ3n) is 3.96. The Hall–Kier alpha value is -1.35. The lowest BCUT2D eigenvalue weighted by Gasteiger charge is -2.41. The first-order valence-electron chi connectivity index (χ1n) is 6.60. The molecule has 3 heteroatoms. The topological polar surface area (TPSA) is 29.1 Å². The molecule has 2 aromatic carbocycles. The van der Waals surface area contributed by atoms with Crippen molar-refractivity contribution in [2.75, 3.05) is 5.33 Å². The Balaban J connectivity index is 1.85. The molecule has 0 aromatic heterocycles. The summed E-state index contributed by atoms with van der Waals surface area (Å²) in [5.74, 6) is 0.0323. The van der Waals surface area contributed by atoms with Crippen LogP contribution in [0.25, 0.3) is 10.8 Å². The van der Waals surface area contributed by atoms with Gasteiger partial charge in [-0.15, -0.1) is 0 Å². The van der Waals surface area contributed by atoms with Crippen LogP contribution in [0.2, 0.25) is 0 Å². The first-order chi connectivity index (χ1) is 9.22. The van der Waals surface area contributed by atoms with Crippen molar-refractivity contribution in [2.45, 2.75) is 24.8 Å². The average Bonchev–Trinajstić information content (AvgIpc) is 2.42. The summed E-state index contributed by atoms with van der Waals surface area (Å²) >= 11 is 3.51. The molecule has 1 saturated carbocycles. The van der Waals surface area contributed by atoms with Crippen LogP contribution >= 0.6 is 15.9 Å². The Kier molecular flexibility index (Phi) is 3.31. The minimum absolute atomic E-state index is 0.0251. The molecule has 0 bridgehead atoms. The maximum absolute atomic E-state index is 12.3. The Morgan fingerprint density at radius 1 is 1.16 bits per heavy atom. The largest absolute Gasteiger partial charge is 0.346 e. The van der Waals surface area contributed by atoms with Crippen LogP contribution in [-0.2, 0) is 0 Å². The number of rotatable bonds is 3. The van der Waals surface area contributed by atoms with Crippen molar-refractivity contribution in [1.29, 1.82) is 0 Å². The minimum atomic E-state index is -0.0251. The van der Waals surface area contributed by atoms with Gasteiger partial charge in [0.1, 0.15) is 0 Å². The SMILES string of the molecule is O=C(NC1(CBr)CCC1)c1ccc2ccccc2c1. The smallest absolute Gasteiger partial charge is 0.251 e. The number of fused-ring (bicyclic) bond motifs is 1. The fraction of sp³-hybridized carbons (Fsp3) is 0.312. The summed E-state index contributed by atoms with van der Waals surface area (Å²) in [5.41, 5.74) is 0.717. The molecule has 1 amide bonds. The van der Waals surface area contributed by atoms with Crippen molar-refractivity contribution in [1.82, 2.24) is 5.32 Å². The molecule has 98 valence electrons. The second kappa shape index (κ2) is 4.97. The Morgan fingerprint density at radius 3 is 2.53 bits per heavy atom. The zero-order chi connectivity index (χ0) is 13.3. The number of alkyl halides is 1. The number of hydrogen-bond donors (Lipinski definition) is 1. The van der Waals surface area contributed by atoms with E-state index in [-0.39, 0.29) is 11.4 Å². The quantitative estimate of drug-likeness (QED) is 0.855. The number of hydrogen-bond acceptors (Lipinski definition) is 1.